The van der Waals surface area contributed by atoms with Crippen LogP contribution in [-0.2, 0) is 0 Å². The molecule has 0 N–H and O–H groups in total. The first-order chi connectivity index (χ1) is 20.3. The van der Waals surface area contributed by atoms with Gasteiger partial charge in [-0.25, -0.2) is 4.98 Å². The van der Waals surface area contributed by atoms with Gasteiger partial charge in [-0.15, -0.1) is 11.3 Å². The van der Waals surface area contributed by atoms with E-state index in [1.165, 1.54) is 30.9 Å². The van der Waals surface area contributed by atoms with Gasteiger partial charge in [-0.3, -0.25) is 0 Å². The second kappa shape index (κ2) is 8.65. The minimum Gasteiger partial charge on any atom is -0.435 e. The molecule has 2 aromatic heterocycles. The molecule has 3 nitrogen and oxygen atoms in total. The molecule has 4 heteroatoms. The molecule has 0 unspecified atom stereocenters. The van der Waals surface area contributed by atoms with Crippen LogP contribution in [-0.4, -0.2) is 4.98 Å². The smallest absolute Gasteiger partial charge is 0.227 e. The molecule has 9 rings (SSSR count). The number of aromatic nitrogens is 1. The van der Waals surface area contributed by atoms with Crippen LogP contribution in [0, 0.1) is 0 Å². The number of anilines is 3. The lowest BCUT2D eigenvalue weighted by molar-refractivity contribution is 0.590. The van der Waals surface area contributed by atoms with E-state index in [2.05, 4.69) is 108 Å². The maximum atomic E-state index is 6.50. The Labute approximate surface area is 240 Å². The normalized spacial score (nSPS) is 11.9. The molecule has 0 saturated heterocycles. The third-order valence-corrected chi connectivity index (χ3v) is 9.15. The molecular formula is C37H22N2OS. The molecule has 1 aliphatic carbocycles. The minimum absolute atomic E-state index is 0.651. The van der Waals surface area contributed by atoms with E-state index in [0.717, 1.165) is 45.2 Å². The summed E-state index contributed by atoms with van der Waals surface area (Å²) in [5.74, 6) is 1.49. The second-order valence-electron chi connectivity index (χ2n) is 10.4. The van der Waals surface area contributed by atoms with E-state index in [0.29, 0.717) is 5.89 Å². The van der Waals surface area contributed by atoms with Crippen molar-refractivity contribution in [3.05, 3.63) is 133 Å². The topological polar surface area (TPSA) is 29.3 Å². The average molecular weight is 543 g/mol. The largest absolute Gasteiger partial charge is 0.435 e. The lowest BCUT2D eigenvalue weighted by atomic mass is 10.0. The highest BCUT2D eigenvalue weighted by Crippen LogP contribution is 2.51. The number of thiophene rings is 1. The third-order valence-electron chi connectivity index (χ3n) is 8.00. The molecule has 192 valence electrons. The number of hydrogen-bond donors (Lipinski definition) is 0. The second-order valence-corrected chi connectivity index (χ2v) is 11.5. The highest BCUT2D eigenvalue weighted by atomic mass is 32.1. The van der Waals surface area contributed by atoms with Crippen LogP contribution in [0.15, 0.2) is 138 Å². The molecule has 1 aliphatic rings. The first kappa shape index (κ1) is 22.6. The molecule has 6 aromatic carbocycles. The van der Waals surface area contributed by atoms with Gasteiger partial charge in [0.1, 0.15) is 5.69 Å². The van der Waals surface area contributed by atoms with Crippen molar-refractivity contribution < 1.29 is 4.42 Å². The summed E-state index contributed by atoms with van der Waals surface area (Å²) in [6.07, 6.45) is 0. The van der Waals surface area contributed by atoms with Crippen LogP contribution in [0.5, 0.6) is 0 Å². The zero-order valence-electron chi connectivity index (χ0n) is 21.9. The number of oxazole rings is 1. The molecule has 0 saturated carbocycles. The number of nitrogens with zero attached hydrogens (tertiary/aromatic N) is 2. The van der Waals surface area contributed by atoms with Crippen molar-refractivity contribution in [1.29, 1.82) is 0 Å². The van der Waals surface area contributed by atoms with Gasteiger partial charge in [0.25, 0.3) is 0 Å². The SMILES string of the molecule is c1ccc(-c2nc3c(o2)-c2cc(N(c4ccccc4)c4ccc5sc6ccccc6c5c4)cc4cccc-3c24)cc1. The van der Waals surface area contributed by atoms with Gasteiger partial charge in [0.05, 0.1) is 0 Å². The van der Waals surface area contributed by atoms with Gasteiger partial charge in [0.15, 0.2) is 5.76 Å². The summed E-state index contributed by atoms with van der Waals surface area (Å²) in [4.78, 5) is 7.32. The van der Waals surface area contributed by atoms with Crippen LogP contribution in [0.4, 0.5) is 17.1 Å². The molecule has 0 atom stereocenters. The van der Waals surface area contributed by atoms with Crippen LogP contribution >= 0.6 is 11.3 Å². The summed E-state index contributed by atoms with van der Waals surface area (Å²) in [6.45, 7) is 0. The van der Waals surface area contributed by atoms with Gasteiger partial charge in [0.2, 0.25) is 5.89 Å². The zero-order chi connectivity index (χ0) is 26.9. The van der Waals surface area contributed by atoms with Crippen LogP contribution in [0.25, 0.3) is 65.0 Å². The monoisotopic (exact) mass is 542 g/mol. The van der Waals surface area contributed by atoms with Gasteiger partial charge >= 0.3 is 0 Å². The summed E-state index contributed by atoms with van der Waals surface area (Å²) in [5, 5.41) is 4.95. The van der Waals surface area contributed by atoms with Crippen molar-refractivity contribution in [2.24, 2.45) is 0 Å². The maximum Gasteiger partial charge on any atom is 0.227 e. The van der Waals surface area contributed by atoms with E-state index in [-0.39, 0.29) is 0 Å². The Morgan fingerprint density at radius 3 is 2.22 bits per heavy atom. The van der Waals surface area contributed by atoms with Gasteiger partial charge in [-0.2, -0.15) is 0 Å². The molecule has 41 heavy (non-hydrogen) atoms. The first-order valence-electron chi connectivity index (χ1n) is 13.7. The van der Waals surface area contributed by atoms with E-state index >= 15 is 0 Å². The van der Waals surface area contributed by atoms with Crippen molar-refractivity contribution in [1.82, 2.24) is 4.98 Å². The molecular weight excluding hydrogens is 520 g/mol. The standard InChI is InChI=1S/C37H22N2OS/c1-3-10-23(11-4-1)37-38-35-29-16-9-12-24-20-27(22-31(34(24)29)36(35)40-37)39(25-13-5-2-6-14-25)26-18-19-33-30(21-26)28-15-7-8-17-32(28)41-33/h1-22H. The van der Waals surface area contributed by atoms with Crippen molar-refractivity contribution in [3.8, 4) is 34.0 Å². The fourth-order valence-corrected chi connectivity index (χ4v) is 7.27. The lowest BCUT2D eigenvalue weighted by Crippen LogP contribution is -2.09. The average Bonchev–Trinajstić information content (AvgIpc) is 3.71. The Hall–Kier alpha value is -5.19. The van der Waals surface area contributed by atoms with Gasteiger partial charge in [-0.1, -0.05) is 72.8 Å². The minimum atomic E-state index is 0.651. The maximum absolute atomic E-state index is 6.50. The number of fused-ring (bicyclic) bond motifs is 6. The summed E-state index contributed by atoms with van der Waals surface area (Å²) in [5.41, 5.74) is 7.42. The molecule has 0 aliphatic heterocycles. The Balaban J connectivity index is 1.27. The van der Waals surface area contributed by atoms with E-state index in [4.69, 9.17) is 9.40 Å². The van der Waals surface area contributed by atoms with Crippen LogP contribution in [0.1, 0.15) is 0 Å². The number of rotatable bonds is 4. The molecule has 0 amide bonds. The molecule has 2 heterocycles. The molecule has 8 aromatic rings. The van der Waals surface area contributed by atoms with Crippen molar-refractivity contribution in [2.45, 2.75) is 0 Å². The Morgan fingerprint density at radius 2 is 1.34 bits per heavy atom. The van der Waals surface area contributed by atoms with Gasteiger partial charge in [0, 0.05) is 59.3 Å². The molecule has 0 spiro atoms. The van der Waals surface area contributed by atoms with Crippen LogP contribution in [0.2, 0.25) is 0 Å². The molecule has 0 bridgehead atoms. The Kier molecular flexibility index (Phi) is 4.77. The predicted molar refractivity (Wildman–Crippen MR) is 171 cm³/mol. The van der Waals surface area contributed by atoms with E-state index in [9.17, 15) is 0 Å². The summed E-state index contributed by atoms with van der Waals surface area (Å²) >= 11 is 1.84. The first-order valence-corrected chi connectivity index (χ1v) is 14.5. The number of para-hydroxylation sites is 1. The van der Waals surface area contributed by atoms with Gasteiger partial charge < -0.3 is 9.32 Å². The summed E-state index contributed by atoms with van der Waals surface area (Å²) < 4.78 is 9.10. The van der Waals surface area contributed by atoms with Crippen molar-refractivity contribution in [3.63, 3.8) is 0 Å². The molecule has 0 fully saturated rings. The quantitative estimate of drug-likeness (QED) is 0.221. The fraction of sp³-hybridized carbons (Fsp3) is 0. The molecule has 0 radical (unpaired) electrons. The third kappa shape index (κ3) is 3.41. The zero-order valence-corrected chi connectivity index (χ0v) is 22.7. The van der Waals surface area contributed by atoms with Crippen LogP contribution < -0.4 is 4.90 Å². The highest BCUT2D eigenvalue weighted by molar-refractivity contribution is 7.25. The number of benzene rings is 6. The van der Waals surface area contributed by atoms with Crippen molar-refractivity contribution in [2.75, 3.05) is 4.90 Å². The lowest BCUT2D eigenvalue weighted by Gasteiger charge is -2.26. The summed E-state index contributed by atoms with van der Waals surface area (Å²) in [7, 11) is 0. The number of hydrogen-bond acceptors (Lipinski definition) is 4. The highest BCUT2D eigenvalue weighted by Gasteiger charge is 2.29. The predicted octanol–water partition coefficient (Wildman–Crippen LogP) is 11.0. The fourth-order valence-electron chi connectivity index (χ4n) is 6.18. The Bertz CT molecular complexity index is 2260. The van der Waals surface area contributed by atoms with E-state index in [1.54, 1.807) is 0 Å². The van der Waals surface area contributed by atoms with Gasteiger partial charge in [-0.05, 0) is 66.0 Å². The van der Waals surface area contributed by atoms with Crippen molar-refractivity contribution >= 4 is 59.3 Å². The summed E-state index contributed by atoms with van der Waals surface area (Å²) in [6, 6.07) is 47.2. The van der Waals surface area contributed by atoms with E-state index < -0.39 is 0 Å². The van der Waals surface area contributed by atoms with Crippen LogP contribution in [0.3, 0.4) is 0 Å². The Morgan fingerprint density at radius 1 is 0.561 bits per heavy atom. The van der Waals surface area contributed by atoms with E-state index in [1.807, 2.05) is 41.7 Å².